The Morgan fingerprint density at radius 3 is 2.09 bits per heavy atom. The summed E-state index contributed by atoms with van der Waals surface area (Å²) >= 11 is 0. The van der Waals surface area contributed by atoms with E-state index in [1.807, 2.05) is 58.3 Å². The highest BCUT2D eigenvalue weighted by molar-refractivity contribution is 6.06. The van der Waals surface area contributed by atoms with Gasteiger partial charge in [-0.2, -0.15) is 0 Å². The van der Waals surface area contributed by atoms with Crippen molar-refractivity contribution in [3.8, 4) is 11.1 Å². The predicted octanol–water partition coefficient (Wildman–Crippen LogP) is 4.36. The van der Waals surface area contributed by atoms with Crippen LogP contribution in [0.5, 0.6) is 0 Å². The summed E-state index contributed by atoms with van der Waals surface area (Å²) in [7, 11) is 0. The first-order valence-electron chi connectivity index (χ1n) is 11.8. The van der Waals surface area contributed by atoms with Gasteiger partial charge >= 0.3 is 0 Å². The van der Waals surface area contributed by atoms with Crippen LogP contribution < -0.4 is 5.84 Å². The second kappa shape index (κ2) is 9.59. The topological polar surface area (TPSA) is 104 Å². The van der Waals surface area contributed by atoms with Crippen LogP contribution >= 0.6 is 0 Å². The highest BCUT2D eigenvalue weighted by atomic mass is 16.2. The summed E-state index contributed by atoms with van der Waals surface area (Å²) < 4.78 is 0. The van der Waals surface area contributed by atoms with Crippen molar-refractivity contribution < 1.29 is 9.59 Å². The zero-order valence-electron chi connectivity index (χ0n) is 19.1. The van der Waals surface area contributed by atoms with Crippen LogP contribution in [0.1, 0.15) is 48.0 Å². The van der Waals surface area contributed by atoms with Crippen LogP contribution in [-0.4, -0.2) is 53.6 Å². The molecule has 2 fully saturated rings. The molecular formula is C26H28N6O2. The first-order chi connectivity index (χ1) is 16.6. The number of nitrogens with zero attached hydrogens (tertiary/aromatic N) is 5. The number of carbonyl (C=O) groups is 2. The minimum atomic E-state index is 0.0209. The van der Waals surface area contributed by atoms with Crippen LogP contribution in [0.3, 0.4) is 0 Å². The number of fused-ring (bicyclic) bond motifs is 1. The molecule has 3 heterocycles. The van der Waals surface area contributed by atoms with Gasteiger partial charge in [0.15, 0.2) is 5.84 Å². The standard InChI is InChI=1S/C26H28N6O2/c27-30-29-24-17-22(26(34)32-13-3-4-14-32)15-21-10-9-20(16-23(21)28-24)18-5-7-19(8-6-18)25(33)31-11-1-2-12-31/h5-10,15-16H,1-4,11-14,17H2,(H2,27,28,29). The fraction of sp³-hybridized carbons (Fsp3) is 0.346. The smallest absolute Gasteiger partial charge is 0.253 e. The molecule has 5 rings (SSSR count). The number of aliphatic imine (C=N–C) groups is 1. The van der Waals surface area contributed by atoms with E-state index in [2.05, 4.69) is 15.3 Å². The van der Waals surface area contributed by atoms with E-state index in [4.69, 9.17) is 5.84 Å². The Hall–Kier alpha value is -3.81. The first kappa shape index (κ1) is 22.0. The van der Waals surface area contributed by atoms with E-state index in [1.165, 1.54) is 0 Å². The van der Waals surface area contributed by atoms with Crippen molar-refractivity contribution in [3.05, 3.63) is 59.2 Å². The molecule has 0 saturated carbocycles. The minimum Gasteiger partial charge on any atom is -0.339 e. The fourth-order valence-corrected chi connectivity index (χ4v) is 4.82. The zero-order chi connectivity index (χ0) is 23.5. The molecule has 2 amide bonds. The van der Waals surface area contributed by atoms with Crippen molar-refractivity contribution in [2.24, 2.45) is 21.2 Å². The Morgan fingerprint density at radius 1 is 0.824 bits per heavy atom. The van der Waals surface area contributed by atoms with Gasteiger partial charge in [-0.1, -0.05) is 29.5 Å². The molecule has 174 valence electrons. The van der Waals surface area contributed by atoms with E-state index in [9.17, 15) is 9.59 Å². The first-order valence-corrected chi connectivity index (χ1v) is 11.8. The number of carbonyl (C=O) groups excluding carboxylic acids is 2. The Balaban J connectivity index is 1.44. The lowest BCUT2D eigenvalue weighted by Crippen LogP contribution is -2.29. The van der Waals surface area contributed by atoms with Gasteiger partial charge in [-0.05, 0) is 61.1 Å². The van der Waals surface area contributed by atoms with Gasteiger partial charge in [0.2, 0.25) is 5.91 Å². The average molecular weight is 457 g/mol. The van der Waals surface area contributed by atoms with E-state index < -0.39 is 0 Å². The lowest BCUT2D eigenvalue weighted by atomic mass is 10.00. The number of amidine groups is 1. The van der Waals surface area contributed by atoms with Gasteiger partial charge in [0, 0.05) is 49.3 Å². The molecule has 0 aliphatic carbocycles. The summed E-state index contributed by atoms with van der Waals surface area (Å²) in [6, 6.07) is 13.6. The monoisotopic (exact) mass is 456 g/mol. The van der Waals surface area contributed by atoms with Crippen LogP contribution in [0.2, 0.25) is 0 Å². The van der Waals surface area contributed by atoms with Crippen molar-refractivity contribution >= 4 is 29.4 Å². The fourth-order valence-electron chi connectivity index (χ4n) is 4.82. The second-order valence-corrected chi connectivity index (χ2v) is 8.94. The summed E-state index contributed by atoms with van der Waals surface area (Å²) in [6.07, 6.45) is 6.40. The summed E-state index contributed by atoms with van der Waals surface area (Å²) in [5, 5.41) is 7.38. The molecule has 34 heavy (non-hydrogen) atoms. The molecule has 0 radical (unpaired) electrons. The molecule has 8 nitrogen and oxygen atoms in total. The van der Waals surface area contributed by atoms with Crippen LogP contribution in [0.4, 0.5) is 5.69 Å². The summed E-state index contributed by atoms with van der Waals surface area (Å²) in [6.45, 7) is 3.23. The van der Waals surface area contributed by atoms with E-state index in [0.717, 1.165) is 68.6 Å². The molecule has 2 saturated heterocycles. The summed E-state index contributed by atoms with van der Waals surface area (Å²) in [5.41, 5.74) is 4.87. The molecule has 2 aromatic rings. The number of likely N-dealkylation sites (tertiary alicyclic amines) is 2. The predicted molar refractivity (Wildman–Crippen MR) is 132 cm³/mol. The highest BCUT2D eigenvalue weighted by Gasteiger charge is 2.25. The second-order valence-electron chi connectivity index (χ2n) is 8.94. The number of hydrogen-bond acceptors (Lipinski definition) is 5. The SMILES string of the molecule is NN=NC1=Nc2cc(-c3ccc(C(=O)N4CCCC4)cc3)ccc2C=C(C(=O)N2CCCC2)C1. The molecule has 0 bridgehead atoms. The van der Waals surface area contributed by atoms with Crippen molar-refractivity contribution in [1.29, 1.82) is 0 Å². The van der Waals surface area contributed by atoms with Crippen LogP contribution in [0, 0.1) is 0 Å². The van der Waals surface area contributed by atoms with Crippen molar-refractivity contribution in [2.75, 3.05) is 26.2 Å². The van der Waals surface area contributed by atoms with E-state index >= 15 is 0 Å². The molecule has 3 aliphatic heterocycles. The molecule has 3 aliphatic rings. The maximum atomic E-state index is 13.1. The molecule has 8 heteroatoms. The third kappa shape index (κ3) is 4.48. The van der Waals surface area contributed by atoms with E-state index in [1.54, 1.807) is 0 Å². The van der Waals surface area contributed by atoms with E-state index in [-0.39, 0.29) is 18.2 Å². The van der Waals surface area contributed by atoms with E-state index in [0.29, 0.717) is 22.7 Å². The molecule has 0 unspecified atom stereocenters. The minimum absolute atomic E-state index is 0.0209. The molecule has 2 N–H and O–H groups in total. The van der Waals surface area contributed by atoms with Crippen LogP contribution in [0.25, 0.3) is 17.2 Å². The van der Waals surface area contributed by atoms with Crippen LogP contribution in [0.15, 0.2) is 63.4 Å². The summed E-state index contributed by atoms with van der Waals surface area (Å²) in [4.78, 5) is 34.2. The Morgan fingerprint density at radius 2 is 1.44 bits per heavy atom. The lowest BCUT2D eigenvalue weighted by molar-refractivity contribution is -0.126. The number of hydrogen-bond donors (Lipinski definition) is 1. The number of nitrogens with two attached hydrogens (primary N) is 1. The summed E-state index contributed by atoms with van der Waals surface area (Å²) in [5.74, 6) is 5.83. The van der Waals surface area contributed by atoms with Crippen LogP contribution in [-0.2, 0) is 4.79 Å². The molecule has 2 aromatic carbocycles. The average Bonchev–Trinajstić information content (AvgIpc) is 3.56. The number of rotatable bonds is 3. The molecule has 0 atom stereocenters. The third-order valence-corrected chi connectivity index (χ3v) is 6.66. The molecule has 0 spiro atoms. The number of amides is 2. The van der Waals surface area contributed by atoms with Gasteiger partial charge < -0.3 is 15.6 Å². The number of benzene rings is 2. The van der Waals surface area contributed by atoms with Gasteiger partial charge in [0.05, 0.1) is 5.69 Å². The van der Waals surface area contributed by atoms with Gasteiger partial charge in [-0.3, -0.25) is 9.59 Å². The van der Waals surface area contributed by atoms with Crippen molar-refractivity contribution in [1.82, 2.24) is 9.80 Å². The zero-order valence-corrected chi connectivity index (χ0v) is 19.1. The van der Waals surface area contributed by atoms with Gasteiger partial charge in [-0.25, -0.2) is 4.99 Å². The maximum absolute atomic E-state index is 13.1. The maximum Gasteiger partial charge on any atom is 0.253 e. The lowest BCUT2D eigenvalue weighted by Gasteiger charge is -2.16. The third-order valence-electron chi connectivity index (χ3n) is 6.66. The van der Waals surface area contributed by atoms with Gasteiger partial charge in [0.1, 0.15) is 0 Å². The largest absolute Gasteiger partial charge is 0.339 e. The van der Waals surface area contributed by atoms with Gasteiger partial charge in [-0.15, -0.1) is 5.11 Å². The molecule has 0 aromatic heterocycles. The quantitative estimate of drug-likeness (QED) is 0.422. The normalized spacial score (nSPS) is 18.0. The highest BCUT2D eigenvalue weighted by Crippen LogP contribution is 2.33. The Kier molecular flexibility index (Phi) is 6.20. The Bertz CT molecular complexity index is 1190. The van der Waals surface area contributed by atoms with Crippen molar-refractivity contribution in [3.63, 3.8) is 0 Å². The van der Waals surface area contributed by atoms with Gasteiger partial charge in [0.25, 0.3) is 5.91 Å². The molecular weight excluding hydrogens is 428 g/mol. The van der Waals surface area contributed by atoms with Crippen molar-refractivity contribution in [2.45, 2.75) is 32.1 Å². The Labute approximate surface area is 198 Å².